The quantitative estimate of drug-likeness (QED) is 0.862. The van der Waals surface area contributed by atoms with Crippen LogP contribution < -0.4 is 5.32 Å². The topological polar surface area (TPSA) is 59.3 Å². The minimum Gasteiger partial charge on any atom is -0.472 e. The molecule has 0 bridgehead atoms. The predicted molar refractivity (Wildman–Crippen MR) is 73.7 cm³/mol. The number of furan rings is 1. The van der Waals surface area contributed by atoms with Crippen LogP contribution in [0.1, 0.15) is 24.8 Å². The van der Waals surface area contributed by atoms with Crippen molar-refractivity contribution in [3.63, 3.8) is 0 Å². The van der Waals surface area contributed by atoms with Crippen molar-refractivity contribution >= 4 is 9.84 Å². The van der Waals surface area contributed by atoms with Crippen molar-refractivity contribution in [2.75, 3.05) is 18.1 Å². The molecule has 1 aliphatic carbocycles. The lowest BCUT2D eigenvalue weighted by molar-refractivity contribution is 0.341. The molecule has 2 unspecified atom stereocenters. The summed E-state index contributed by atoms with van der Waals surface area (Å²) in [6.45, 7) is 0.927. The monoisotopic (exact) mass is 283 g/mol. The molecule has 2 heterocycles. The van der Waals surface area contributed by atoms with Crippen LogP contribution in [0.5, 0.6) is 0 Å². The normalized spacial score (nSPS) is 27.5. The first-order valence-corrected chi connectivity index (χ1v) is 8.89. The smallest absolute Gasteiger partial charge is 0.150 e. The largest absolute Gasteiger partial charge is 0.472 e. The summed E-state index contributed by atoms with van der Waals surface area (Å²) in [4.78, 5) is 0. The van der Waals surface area contributed by atoms with Gasteiger partial charge in [0.2, 0.25) is 0 Å². The average molecular weight is 283 g/mol. The molecule has 0 amide bonds. The van der Waals surface area contributed by atoms with E-state index in [0.717, 1.165) is 19.4 Å². The van der Waals surface area contributed by atoms with Gasteiger partial charge in [0.15, 0.2) is 9.84 Å². The maximum atomic E-state index is 11.7. The Labute approximate surface area is 114 Å². The van der Waals surface area contributed by atoms with E-state index in [4.69, 9.17) is 4.42 Å². The lowest BCUT2D eigenvalue weighted by Gasteiger charge is -2.22. The number of nitrogens with one attached hydrogen (secondary N) is 1. The van der Waals surface area contributed by atoms with E-state index in [2.05, 4.69) is 5.32 Å². The molecule has 1 aliphatic heterocycles. The van der Waals surface area contributed by atoms with Crippen molar-refractivity contribution in [1.82, 2.24) is 5.32 Å². The van der Waals surface area contributed by atoms with Gasteiger partial charge in [0.1, 0.15) is 0 Å². The Kier molecular flexibility index (Phi) is 3.67. The predicted octanol–water partition coefficient (Wildman–Crippen LogP) is 1.62. The molecule has 2 atom stereocenters. The Morgan fingerprint density at radius 1 is 1.37 bits per heavy atom. The molecule has 106 valence electrons. The molecule has 1 saturated carbocycles. The van der Waals surface area contributed by atoms with Crippen LogP contribution in [-0.2, 0) is 16.3 Å². The summed E-state index contributed by atoms with van der Waals surface area (Å²) in [5.74, 6) is 1.42. The van der Waals surface area contributed by atoms with Crippen LogP contribution in [0.15, 0.2) is 23.0 Å². The molecule has 2 fully saturated rings. The molecule has 0 aromatic carbocycles. The molecule has 5 heteroatoms. The summed E-state index contributed by atoms with van der Waals surface area (Å²) in [6, 6.07) is 2.65. The third-order valence-corrected chi connectivity index (χ3v) is 6.05. The SMILES string of the molecule is O=S1(=O)CCC(C(CNC2CC2)Cc2ccoc2)C1. The summed E-state index contributed by atoms with van der Waals surface area (Å²) >= 11 is 0. The van der Waals surface area contributed by atoms with Gasteiger partial charge in [0, 0.05) is 6.04 Å². The third-order valence-electron chi connectivity index (χ3n) is 4.26. The summed E-state index contributed by atoms with van der Waals surface area (Å²) < 4.78 is 28.4. The third kappa shape index (κ3) is 3.60. The molecule has 3 rings (SSSR count). The van der Waals surface area contributed by atoms with Gasteiger partial charge in [-0.1, -0.05) is 0 Å². The van der Waals surface area contributed by atoms with Crippen LogP contribution in [-0.4, -0.2) is 32.5 Å². The second kappa shape index (κ2) is 5.29. The first-order valence-electron chi connectivity index (χ1n) is 7.07. The zero-order chi connectivity index (χ0) is 13.3. The zero-order valence-electron chi connectivity index (χ0n) is 11.0. The van der Waals surface area contributed by atoms with E-state index >= 15 is 0 Å². The van der Waals surface area contributed by atoms with Crippen molar-refractivity contribution in [2.24, 2.45) is 11.8 Å². The van der Waals surface area contributed by atoms with Gasteiger partial charge in [-0.25, -0.2) is 8.42 Å². The molecular weight excluding hydrogens is 262 g/mol. The van der Waals surface area contributed by atoms with Crippen molar-refractivity contribution in [3.05, 3.63) is 24.2 Å². The fourth-order valence-corrected chi connectivity index (χ4v) is 4.84. The number of hydrogen-bond acceptors (Lipinski definition) is 4. The Hall–Kier alpha value is -0.810. The molecule has 0 radical (unpaired) electrons. The molecule has 4 nitrogen and oxygen atoms in total. The van der Waals surface area contributed by atoms with E-state index in [-0.39, 0.29) is 0 Å². The van der Waals surface area contributed by atoms with Crippen molar-refractivity contribution in [1.29, 1.82) is 0 Å². The van der Waals surface area contributed by atoms with E-state index in [1.807, 2.05) is 6.07 Å². The Balaban J connectivity index is 1.64. The van der Waals surface area contributed by atoms with E-state index in [9.17, 15) is 8.42 Å². The molecular formula is C14H21NO3S. The van der Waals surface area contributed by atoms with Crippen LogP contribution in [0.3, 0.4) is 0 Å². The molecule has 0 spiro atoms. The van der Waals surface area contributed by atoms with Gasteiger partial charge in [-0.3, -0.25) is 0 Å². The van der Waals surface area contributed by atoms with Gasteiger partial charge in [0.05, 0.1) is 24.0 Å². The average Bonchev–Trinajstić information content (AvgIpc) is 2.91. The first kappa shape index (κ1) is 13.2. The molecule has 2 aliphatic rings. The highest BCUT2D eigenvalue weighted by atomic mass is 32.2. The van der Waals surface area contributed by atoms with E-state index in [1.54, 1.807) is 12.5 Å². The standard InChI is InChI=1S/C14H21NO3S/c16-19(17)6-4-12(10-19)13(8-15-14-1-2-14)7-11-3-5-18-9-11/h3,5,9,12-15H,1-2,4,6-8,10H2. The number of rotatable bonds is 6. The number of sulfone groups is 1. The van der Waals surface area contributed by atoms with Gasteiger partial charge < -0.3 is 9.73 Å². The van der Waals surface area contributed by atoms with E-state index in [0.29, 0.717) is 29.4 Å². The Morgan fingerprint density at radius 2 is 2.21 bits per heavy atom. The second-order valence-corrected chi connectivity index (χ2v) is 8.17. The minimum absolute atomic E-state index is 0.297. The first-order chi connectivity index (χ1) is 9.12. The lowest BCUT2D eigenvalue weighted by atomic mass is 9.87. The summed E-state index contributed by atoms with van der Waals surface area (Å²) in [5, 5.41) is 3.55. The fraction of sp³-hybridized carbons (Fsp3) is 0.714. The van der Waals surface area contributed by atoms with Gasteiger partial charge in [-0.2, -0.15) is 0 Å². The van der Waals surface area contributed by atoms with Gasteiger partial charge in [0.25, 0.3) is 0 Å². The van der Waals surface area contributed by atoms with Crippen LogP contribution in [0.2, 0.25) is 0 Å². The Morgan fingerprint density at radius 3 is 2.79 bits per heavy atom. The van der Waals surface area contributed by atoms with Gasteiger partial charge in [-0.05, 0) is 55.7 Å². The van der Waals surface area contributed by atoms with Crippen molar-refractivity contribution in [3.8, 4) is 0 Å². The highest BCUT2D eigenvalue weighted by Crippen LogP contribution is 2.29. The van der Waals surface area contributed by atoms with Crippen LogP contribution in [0.4, 0.5) is 0 Å². The fourth-order valence-electron chi connectivity index (χ4n) is 2.92. The van der Waals surface area contributed by atoms with E-state index < -0.39 is 9.84 Å². The van der Waals surface area contributed by atoms with Crippen molar-refractivity contribution < 1.29 is 12.8 Å². The highest BCUT2D eigenvalue weighted by molar-refractivity contribution is 7.91. The molecule has 1 aromatic rings. The zero-order valence-corrected chi connectivity index (χ0v) is 11.9. The van der Waals surface area contributed by atoms with Crippen molar-refractivity contribution in [2.45, 2.75) is 31.7 Å². The van der Waals surface area contributed by atoms with Crippen LogP contribution >= 0.6 is 0 Å². The van der Waals surface area contributed by atoms with Crippen LogP contribution in [0, 0.1) is 11.8 Å². The maximum Gasteiger partial charge on any atom is 0.150 e. The highest BCUT2D eigenvalue weighted by Gasteiger charge is 2.34. The maximum absolute atomic E-state index is 11.7. The minimum atomic E-state index is -2.79. The lowest BCUT2D eigenvalue weighted by Crippen LogP contribution is -2.31. The Bertz CT molecular complexity index is 505. The van der Waals surface area contributed by atoms with Gasteiger partial charge in [-0.15, -0.1) is 0 Å². The van der Waals surface area contributed by atoms with Gasteiger partial charge >= 0.3 is 0 Å². The summed E-state index contributed by atoms with van der Waals surface area (Å²) in [5.41, 5.74) is 1.17. The number of hydrogen-bond donors (Lipinski definition) is 1. The molecule has 1 N–H and O–H groups in total. The van der Waals surface area contributed by atoms with Crippen LogP contribution in [0.25, 0.3) is 0 Å². The molecule has 19 heavy (non-hydrogen) atoms. The summed E-state index contributed by atoms with van der Waals surface area (Å²) in [7, 11) is -2.79. The summed E-state index contributed by atoms with van der Waals surface area (Å²) in [6.07, 6.45) is 7.72. The molecule has 1 saturated heterocycles. The van der Waals surface area contributed by atoms with E-state index in [1.165, 1.54) is 18.4 Å². The second-order valence-electron chi connectivity index (χ2n) is 5.94. The molecule has 1 aromatic heterocycles.